The predicted octanol–water partition coefficient (Wildman–Crippen LogP) is 3.10. The first-order valence-electron chi connectivity index (χ1n) is 6.78. The van der Waals surface area contributed by atoms with E-state index in [2.05, 4.69) is 24.1 Å². The monoisotopic (exact) mass is 252 g/mol. The Labute approximate surface area is 110 Å². The number of hydrogen-bond acceptors (Lipinski definition) is 4. The second-order valence-electron chi connectivity index (χ2n) is 4.09. The lowest BCUT2D eigenvalue weighted by molar-refractivity contribution is 0.134. The molecule has 18 heavy (non-hydrogen) atoms. The summed E-state index contributed by atoms with van der Waals surface area (Å²) in [6.45, 7) is 7.41. The molecule has 102 valence electrons. The van der Waals surface area contributed by atoms with Gasteiger partial charge in [0.15, 0.2) is 11.6 Å². The van der Waals surface area contributed by atoms with E-state index in [-0.39, 0.29) is 0 Å². The topological polar surface area (TPSA) is 43.4 Å². The van der Waals surface area contributed by atoms with Gasteiger partial charge in [-0.3, -0.25) is 0 Å². The molecule has 0 atom stereocenters. The van der Waals surface area contributed by atoms with Gasteiger partial charge in [0.1, 0.15) is 0 Å². The van der Waals surface area contributed by atoms with Crippen LogP contribution in [0.3, 0.4) is 0 Å². The number of nitrogens with one attached hydrogen (secondary N) is 1. The molecule has 0 aliphatic rings. The van der Waals surface area contributed by atoms with Crippen molar-refractivity contribution in [3.8, 4) is 5.75 Å². The molecule has 0 radical (unpaired) electrons. The quantitative estimate of drug-likeness (QED) is 0.650. The average molecular weight is 252 g/mol. The van der Waals surface area contributed by atoms with Crippen molar-refractivity contribution >= 4 is 5.82 Å². The van der Waals surface area contributed by atoms with Gasteiger partial charge in [-0.2, -0.15) is 0 Å². The summed E-state index contributed by atoms with van der Waals surface area (Å²) in [6, 6.07) is 3.83. The van der Waals surface area contributed by atoms with Crippen LogP contribution in [0.4, 0.5) is 5.82 Å². The first kappa shape index (κ1) is 14.8. The van der Waals surface area contributed by atoms with Crippen LogP contribution in [0.5, 0.6) is 5.75 Å². The molecule has 0 saturated carbocycles. The Bertz CT molecular complexity index is 318. The molecule has 4 nitrogen and oxygen atoms in total. The Morgan fingerprint density at radius 2 is 2.00 bits per heavy atom. The van der Waals surface area contributed by atoms with E-state index >= 15 is 0 Å². The number of rotatable bonds is 10. The number of hydrogen-bond donors (Lipinski definition) is 1. The van der Waals surface area contributed by atoms with Crippen LogP contribution in [0.1, 0.15) is 33.1 Å². The molecule has 0 aliphatic carbocycles. The van der Waals surface area contributed by atoms with Crippen molar-refractivity contribution in [2.45, 2.75) is 33.1 Å². The maximum atomic E-state index is 5.63. The highest BCUT2D eigenvalue weighted by Gasteiger charge is 2.02. The number of nitrogens with zero attached hydrogens (tertiary/aromatic N) is 1. The summed E-state index contributed by atoms with van der Waals surface area (Å²) in [5.41, 5.74) is 0. The zero-order valence-electron chi connectivity index (χ0n) is 11.4. The zero-order chi connectivity index (χ0) is 13.1. The first-order valence-corrected chi connectivity index (χ1v) is 6.78. The molecule has 0 spiro atoms. The first-order chi connectivity index (χ1) is 8.88. The predicted molar refractivity (Wildman–Crippen MR) is 74.2 cm³/mol. The van der Waals surface area contributed by atoms with E-state index in [1.807, 2.05) is 12.1 Å². The summed E-state index contributed by atoms with van der Waals surface area (Å²) < 4.78 is 11.0. The Kier molecular flexibility index (Phi) is 7.97. The number of anilines is 1. The van der Waals surface area contributed by atoms with Gasteiger partial charge in [-0.05, 0) is 31.4 Å². The molecule has 1 heterocycles. The molecule has 1 aromatic heterocycles. The van der Waals surface area contributed by atoms with E-state index in [1.165, 1.54) is 0 Å². The number of aromatic nitrogens is 1. The Morgan fingerprint density at radius 3 is 2.78 bits per heavy atom. The van der Waals surface area contributed by atoms with E-state index in [4.69, 9.17) is 9.47 Å². The normalized spacial score (nSPS) is 10.3. The molecule has 0 fully saturated rings. The summed E-state index contributed by atoms with van der Waals surface area (Å²) in [5, 5.41) is 3.28. The van der Waals surface area contributed by atoms with Gasteiger partial charge in [-0.15, -0.1) is 0 Å². The smallest absolute Gasteiger partial charge is 0.168 e. The third-order valence-electron chi connectivity index (χ3n) is 2.34. The minimum absolute atomic E-state index is 0.722. The average Bonchev–Trinajstić information content (AvgIpc) is 2.41. The highest BCUT2D eigenvalue weighted by molar-refractivity contribution is 5.49. The molecular weight excluding hydrogens is 228 g/mol. The lowest BCUT2D eigenvalue weighted by Gasteiger charge is -2.11. The number of pyridine rings is 1. The van der Waals surface area contributed by atoms with Gasteiger partial charge in [0.25, 0.3) is 0 Å². The molecule has 1 N–H and O–H groups in total. The maximum absolute atomic E-state index is 5.63. The van der Waals surface area contributed by atoms with Gasteiger partial charge in [0.05, 0.1) is 6.61 Å². The molecule has 0 saturated heterocycles. The van der Waals surface area contributed by atoms with E-state index < -0.39 is 0 Å². The SMILES string of the molecule is CCCOCCCNc1ncccc1OCCC. The second kappa shape index (κ2) is 9.71. The Hall–Kier alpha value is -1.29. The maximum Gasteiger partial charge on any atom is 0.168 e. The van der Waals surface area contributed by atoms with Crippen LogP contribution in [0.2, 0.25) is 0 Å². The van der Waals surface area contributed by atoms with Crippen LogP contribution in [-0.4, -0.2) is 31.3 Å². The largest absolute Gasteiger partial charge is 0.490 e. The molecular formula is C14H24N2O2. The van der Waals surface area contributed by atoms with Gasteiger partial charge in [-0.1, -0.05) is 13.8 Å². The molecule has 0 aromatic carbocycles. The number of ether oxygens (including phenoxy) is 2. The van der Waals surface area contributed by atoms with E-state index in [1.54, 1.807) is 6.20 Å². The Morgan fingerprint density at radius 1 is 1.17 bits per heavy atom. The molecule has 0 aliphatic heterocycles. The molecule has 0 bridgehead atoms. The highest BCUT2D eigenvalue weighted by Crippen LogP contribution is 2.20. The van der Waals surface area contributed by atoms with Crippen molar-refractivity contribution in [2.75, 3.05) is 31.7 Å². The third kappa shape index (κ3) is 5.87. The van der Waals surface area contributed by atoms with Crippen LogP contribution in [-0.2, 0) is 4.74 Å². The lowest BCUT2D eigenvalue weighted by atomic mass is 10.4. The summed E-state index contributed by atoms with van der Waals surface area (Å²) in [5.74, 6) is 1.65. The molecule has 1 rings (SSSR count). The van der Waals surface area contributed by atoms with E-state index in [0.29, 0.717) is 0 Å². The molecule has 0 amide bonds. The van der Waals surface area contributed by atoms with Crippen molar-refractivity contribution in [1.29, 1.82) is 0 Å². The molecule has 0 unspecified atom stereocenters. The molecule has 4 heteroatoms. The minimum atomic E-state index is 0.722. The van der Waals surface area contributed by atoms with Crippen molar-refractivity contribution < 1.29 is 9.47 Å². The van der Waals surface area contributed by atoms with Gasteiger partial charge in [0, 0.05) is 26.0 Å². The van der Waals surface area contributed by atoms with Crippen LogP contribution >= 0.6 is 0 Å². The fourth-order valence-electron chi connectivity index (χ4n) is 1.48. The van der Waals surface area contributed by atoms with Gasteiger partial charge in [-0.25, -0.2) is 4.98 Å². The van der Waals surface area contributed by atoms with Crippen molar-refractivity contribution in [2.24, 2.45) is 0 Å². The zero-order valence-corrected chi connectivity index (χ0v) is 11.4. The van der Waals surface area contributed by atoms with Crippen molar-refractivity contribution in [1.82, 2.24) is 4.98 Å². The fourth-order valence-corrected chi connectivity index (χ4v) is 1.48. The Balaban J connectivity index is 2.27. The minimum Gasteiger partial charge on any atom is -0.490 e. The standard InChI is InChI=1S/C14H24N2O2/c1-3-10-17-12-6-9-16-14-13(18-11-4-2)7-5-8-15-14/h5,7-8H,3-4,6,9-12H2,1-2H3,(H,15,16). The fraction of sp³-hybridized carbons (Fsp3) is 0.643. The summed E-state index contributed by atoms with van der Waals surface area (Å²) in [4.78, 5) is 4.29. The summed E-state index contributed by atoms with van der Waals surface area (Å²) in [7, 11) is 0. The van der Waals surface area contributed by atoms with Crippen molar-refractivity contribution in [3.63, 3.8) is 0 Å². The van der Waals surface area contributed by atoms with Crippen LogP contribution in [0, 0.1) is 0 Å². The van der Waals surface area contributed by atoms with E-state index in [9.17, 15) is 0 Å². The van der Waals surface area contributed by atoms with Gasteiger partial charge >= 0.3 is 0 Å². The van der Waals surface area contributed by atoms with Crippen LogP contribution in [0.15, 0.2) is 18.3 Å². The van der Waals surface area contributed by atoms with E-state index in [0.717, 1.165) is 57.2 Å². The third-order valence-corrected chi connectivity index (χ3v) is 2.34. The van der Waals surface area contributed by atoms with Crippen LogP contribution in [0.25, 0.3) is 0 Å². The van der Waals surface area contributed by atoms with Gasteiger partial charge < -0.3 is 14.8 Å². The van der Waals surface area contributed by atoms with Crippen LogP contribution < -0.4 is 10.1 Å². The van der Waals surface area contributed by atoms with Crippen molar-refractivity contribution in [3.05, 3.63) is 18.3 Å². The second-order valence-corrected chi connectivity index (χ2v) is 4.09. The summed E-state index contributed by atoms with van der Waals surface area (Å²) in [6.07, 6.45) is 4.82. The highest BCUT2D eigenvalue weighted by atomic mass is 16.5. The lowest BCUT2D eigenvalue weighted by Crippen LogP contribution is -2.09. The van der Waals surface area contributed by atoms with Gasteiger partial charge in [0.2, 0.25) is 0 Å². The molecule has 1 aromatic rings. The summed E-state index contributed by atoms with van der Waals surface area (Å²) >= 11 is 0.